The van der Waals surface area contributed by atoms with Crippen LogP contribution < -0.4 is 5.06 Å². The first-order valence-electron chi connectivity index (χ1n) is 5.52. The van der Waals surface area contributed by atoms with Crippen LogP contribution >= 0.6 is 0 Å². The molecule has 0 aromatic heterocycles. The van der Waals surface area contributed by atoms with Crippen LogP contribution in [0.25, 0.3) is 0 Å². The van der Waals surface area contributed by atoms with Crippen molar-refractivity contribution < 1.29 is 0 Å². The van der Waals surface area contributed by atoms with Gasteiger partial charge in [0.05, 0.1) is 13.1 Å². The Morgan fingerprint density at radius 1 is 1.00 bits per heavy atom. The lowest BCUT2D eigenvalue weighted by atomic mass is 9.94. The number of nitrogens with zero attached hydrogens (tertiary/aromatic N) is 2. The molecular formula is C10H19N2O. The van der Waals surface area contributed by atoms with E-state index in [2.05, 4.69) is 4.90 Å². The van der Waals surface area contributed by atoms with Gasteiger partial charge in [0.15, 0.2) is 0 Å². The van der Waals surface area contributed by atoms with Gasteiger partial charge >= 0.3 is 0 Å². The van der Waals surface area contributed by atoms with Gasteiger partial charge in [0.25, 0.3) is 0 Å². The van der Waals surface area contributed by atoms with Crippen LogP contribution in [0.5, 0.6) is 0 Å². The number of hydrogen-bond acceptors (Lipinski definition) is 3. The maximum atomic E-state index is 11.0. The van der Waals surface area contributed by atoms with Crippen molar-refractivity contribution in [2.75, 3.05) is 26.2 Å². The molecule has 0 unspecified atom stereocenters. The molecule has 2 aliphatic rings. The van der Waals surface area contributed by atoms with Crippen LogP contribution in [0.1, 0.15) is 32.1 Å². The van der Waals surface area contributed by atoms with Gasteiger partial charge in [-0.25, -0.2) is 0 Å². The third-order valence-corrected chi connectivity index (χ3v) is 3.36. The van der Waals surface area contributed by atoms with Gasteiger partial charge < -0.3 is 5.21 Å². The van der Waals surface area contributed by atoms with E-state index in [0.717, 1.165) is 32.2 Å². The van der Waals surface area contributed by atoms with Crippen LogP contribution in [-0.4, -0.2) is 37.1 Å². The summed E-state index contributed by atoms with van der Waals surface area (Å²) in [5.41, 5.74) is 0. The third kappa shape index (κ3) is 2.42. The molecule has 1 aliphatic heterocycles. The van der Waals surface area contributed by atoms with Crippen molar-refractivity contribution in [1.82, 2.24) is 9.96 Å². The van der Waals surface area contributed by atoms with Gasteiger partial charge in [-0.15, -0.1) is 0 Å². The molecule has 0 aromatic carbocycles. The van der Waals surface area contributed by atoms with E-state index in [9.17, 15) is 5.21 Å². The zero-order chi connectivity index (χ0) is 9.10. The molecule has 0 spiro atoms. The van der Waals surface area contributed by atoms with E-state index < -0.39 is 0 Å². The summed E-state index contributed by atoms with van der Waals surface area (Å²) >= 11 is 0. The standard InChI is InChI=1S/C10H19N2O/c13-12-8-6-11(7-9-12)10-4-2-1-3-5-10/h10H,1-9H2. The van der Waals surface area contributed by atoms with Gasteiger partial charge in [0.1, 0.15) is 13.1 Å². The average Bonchev–Trinajstić information content (AvgIpc) is 2.20. The van der Waals surface area contributed by atoms with Crippen LogP contribution in [0.2, 0.25) is 0 Å². The monoisotopic (exact) mass is 183 g/mol. The molecule has 0 bridgehead atoms. The van der Waals surface area contributed by atoms with E-state index >= 15 is 0 Å². The topological polar surface area (TPSA) is 32.2 Å². The summed E-state index contributed by atoms with van der Waals surface area (Å²) in [6.07, 6.45) is 6.92. The maximum Gasteiger partial charge on any atom is 0.135 e. The van der Waals surface area contributed by atoms with Crippen molar-refractivity contribution in [2.45, 2.75) is 38.1 Å². The highest BCUT2D eigenvalue weighted by Crippen LogP contribution is 2.22. The summed E-state index contributed by atoms with van der Waals surface area (Å²) in [6, 6.07) is 0.794. The Hall–Kier alpha value is -0.120. The number of hydroxylamine groups is 2. The largest absolute Gasteiger partial charge is 0.582 e. The summed E-state index contributed by atoms with van der Waals surface area (Å²) < 4.78 is 0. The van der Waals surface area contributed by atoms with Gasteiger partial charge in [-0.2, -0.15) is 5.06 Å². The fourth-order valence-corrected chi connectivity index (χ4v) is 2.51. The molecule has 2 rings (SSSR count). The van der Waals surface area contributed by atoms with Gasteiger partial charge in [-0.3, -0.25) is 4.90 Å². The molecule has 2 fully saturated rings. The molecule has 3 nitrogen and oxygen atoms in total. The Labute approximate surface area is 80.3 Å². The van der Waals surface area contributed by atoms with Gasteiger partial charge in [0.2, 0.25) is 0 Å². The van der Waals surface area contributed by atoms with Crippen LogP contribution in [0.4, 0.5) is 0 Å². The van der Waals surface area contributed by atoms with Crippen molar-refractivity contribution in [3.05, 3.63) is 5.21 Å². The second kappa shape index (κ2) is 4.40. The smallest absolute Gasteiger partial charge is 0.135 e. The minimum absolute atomic E-state index is 0.719. The Kier molecular flexibility index (Phi) is 3.19. The van der Waals surface area contributed by atoms with E-state index in [-0.39, 0.29) is 0 Å². The Balaban J connectivity index is 1.79. The molecule has 0 N–H and O–H groups in total. The number of hydrogen-bond donors (Lipinski definition) is 0. The summed E-state index contributed by atoms with van der Waals surface area (Å²) in [5, 5.41) is 12.2. The molecule has 1 heterocycles. The SMILES string of the molecule is [O-][N+]1CCN(C2CCCCC2)CC1. The Morgan fingerprint density at radius 2 is 1.62 bits per heavy atom. The summed E-state index contributed by atoms with van der Waals surface area (Å²) in [4.78, 5) is 2.52. The zero-order valence-corrected chi connectivity index (χ0v) is 8.24. The Bertz CT molecular complexity index is 149. The first kappa shape index (κ1) is 9.44. The van der Waals surface area contributed by atoms with E-state index in [1.54, 1.807) is 0 Å². The maximum absolute atomic E-state index is 11.0. The molecule has 1 saturated carbocycles. The van der Waals surface area contributed by atoms with Crippen LogP contribution in [0, 0.1) is 5.21 Å². The van der Waals surface area contributed by atoms with Gasteiger partial charge in [-0.1, -0.05) is 19.3 Å². The first-order chi connectivity index (χ1) is 6.36. The predicted octanol–water partition coefficient (Wildman–Crippen LogP) is 1.27. The minimum atomic E-state index is 0.719. The van der Waals surface area contributed by atoms with Crippen molar-refractivity contribution in [2.24, 2.45) is 0 Å². The van der Waals surface area contributed by atoms with E-state index in [0.29, 0.717) is 0 Å². The second-order valence-corrected chi connectivity index (χ2v) is 4.26. The summed E-state index contributed by atoms with van der Waals surface area (Å²) in [5.74, 6) is 0. The summed E-state index contributed by atoms with van der Waals surface area (Å²) in [7, 11) is 0. The lowest BCUT2D eigenvalue weighted by Crippen LogP contribution is -2.51. The molecule has 75 valence electrons. The minimum Gasteiger partial charge on any atom is -0.582 e. The Morgan fingerprint density at radius 3 is 2.23 bits per heavy atom. The molecular weight excluding hydrogens is 164 g/mol. The van der Waals surface area contributed by atoms with Crippen LogP contribution in [0.3, 0.4) is 0 Å². The highest BCUT2D eigenvalue weighted by Gasteiger charge is 2.25. The quantitative estimate of drug-likeness (QED) is 0.453. The van der Waals surface area contributed by atoms with Crippen molar-refractivity contribution in [3.63, 3.8) is 0 Å². The van der Waals surface area contributed by atoms with Crippen molar-refractivity contribution in [1.29, 1.82) is 0 Å². The number of rotatable bonds is 1. The average molecular weight is 183 g/mol. The molecule has 3 heteroatoms. The van der Waals surface area contributed by atoms with Crippen molar-refractivity contribution in [3.8, 4) is 0 Å². The molecule has 1 aliphatic carbocycles. The van der Waals surface area contributed by atoms with Crippen molar-refractivity contribution >= 4 is 0 Å². The molecule has 0 aromatic rings. The van der Waals surface area contributed by atoms with Gasteiger partial charge in [-0.05, 0) is 12.8 Å². The molecule has 1 radical (unpaired) electrons. The zero-order valence-electron chi connectivity index (χ0n) is 8.24. The third-order valence-electron chi connectivity index (χ3n) is 3.36. The predicted molar refractivity (Wildman–Crippen MR) is 53.7 cm³/mol. The van der Waals surface area contributed by atoms with E-state index in [1.807, 2.05) is 0 Å². The molecule has 0 atom stereocenters. The molecule has 1 saturated heterocycles. The van der Waals surface area contributed by atoms with Crippen LogP contribution in [0.15, 0.2) is 0 Å². The number of piperazine rings is 1. The van der Waals surface area contributed by atoms with E-state index in [1.165, 1.54) is 37.2 Å². The fourth-order valence-electron chi connectivity index (χ4n) is 2.51. The highest BCUT2D eigenvalue weighted by molar-refractivity contribution is 4.82. The highest BCUT2D eigenvalue weighted by atomic mass is 16.5. The fraction of sp³-hybridized carbons (Fsp3) is 1.00. The molecule has 13 heavy (non-hydrogen) atoms. The van der Waals surface area contributed by atoms with E-state index in [4.69, 9.17) is 0 Å². The lowest BCUT2D eigenvalue weighted by molar-refractivity contribution is 0.124. The van der Waals surface area contributed by atoms with Crippen LogP contribution in [-0.2, 0) is 0 Å². The molecule has 0 amide bonds. The van der Waals surface area contributed by atoms with Gasteiger partial charge in [0, 0.05) is 6.04 Å². The second-order valence-electron chi connectivity index (χ2n) is 4.26. The summed E-state index contributed by atoms with van der Waals surface area (Å²) in [6.45, 7) is 3.43. The first-order valence-corrected chi connectivity index (χ1v) is 5.52. The normalized spacial score (nSPS) is 29.3. The lowest BCUT2D eigenvalue weighted by Gasteiger charge is -2.37.